The first-order valence-corrected chi connectivity index (χ1v) is 9.80. The van der Waals surface area contributed by atoms with Crippen LogP contribution >= 0.6 is 15.2 Å². The summed E-state index contributed by atoms with van der Waals surface area (Å²) in [5, 5.41) is 0. The molecule has 0 aliphatic heterocycles. The van der Waals surface area contributed by atoms with Crippen LogP contribution < -0.4 is 0 Å². The van der Waals surface area contributed by atoms with Crippen molar-refractivity contribution in [3.8, 4) is 0 Å². The summed E-state index contributed by atoms with van der Waals surface area (Å²) in [6, 6.07) is 0. The van der Waals surface area contributed by atoms with E-state index >= 15 is 0 Å². The zero-order chi connectivity index (χ0) is 16.4. The monoisotopic (exact) mass is 328 g/mol. The van der Waals surface area contributed by atoms with Crippen molar-refractivity contribution in [2.24, 2.45) is 0 Å². The Morgan fingerprint density at radius 3 is 1.75 bits per heavy atom. The van der Waals surface area contributed by atoms with Crippen LogP contribution in [0.5, 0.6) is 0 Å². The molecule has 0 heterocycles. The molecule has 0 spiro atoms. The number of allylic oxidation sites excluding steroid dienone is 3. The minimum atomic E-state index is -3.77. The minimum Gasteiger partial charge on any atom is -0.324 e. The molecule has 0 aromatic heterocycles. The molecule has 0 amide bonds. The number of hydrogen-bond donors (Lipinski definition) is 4. The van der Waals surface area contributed by atoms with Crippen molar-refractivity contribution in [2.45, 2.75) is 40.0 Å². The van der Waals surface area contributed by atoms with Crippen LogP contribution in [0, 0.1) is 0 Å². The Bertz CT molecular complexity index is 400. The predicted octanol–water partition coefficient (Wildman–Crippen LogP) is 3.04. The van der Waals surface area contributed by atoms with Crippen LogP contribution in [0.1, 0.15) is 40.0 Å². The van der Waals surface area contributed by atoms with Crippen LogP contribution in [0.3, 0.4) is 0 Å². The van der Waals surface area contributed by atoms with Gasteiger partial charge in [-0.15, -0.1) is 6.58 Å². The molecule has 0 saturated carbocycles. The van der Waals surface area contributed by atoms with Gasteiger partial charge in [-0.05, 0) is 40.0 Å². The molecule has 0 saturated heterocycles. The summed E-state index contributed by atoms with van der Waals surface area (Å²) >= 11 is 0. The van der Waals surface area contributed by atoms with Gasteiger partial charge in [0.2, 0.25) is 0 Å². The van der Waals surface area contributed by atoms with E-state index in [2.05, 4.69) is 6.58 Å². The summed E-state index contributed by atoms with van der Waals surface area (Å²) in [6.45, 7) is 9.27. The molecular formula is C12H26O6P2. The van der Waals surface area contributed by atoms with Crippen molar-refractivity contribution in [1.82, 2.24) is 0 Å². The fourth-order valence-electron chi connectivity index (χ4n) is 1.11. The van der Waals surface area contributed by atoms with E-state index in [9.17, 15) is 9.13 Å². The first kappa shape index (κ1) is 22.1. The Balaban J connectivity index is 0. The normalized spacial score (nSPS) is 11.3. The molecule has 0 radical (unpaired) electrons. The third-order valence-corrected chi connectivity index (χ3v) is 3.77. The second kappa shape index (κ2) is 10.5. The van der Waals surface area contributed by atoms with Gasteiger partial charge in [-0.2, -0.15) is 0 Å². The maximum Gasteiger partial charge on any atom is 0.325 e. The van der Waals surface area contributed by atoms with Crippen LogP contribution in [0.2, 0.25) is 0 Å². The van der Waals surface area contributed by atoms with Crippen LogP contribution in [0.15, 0.2) is 23.8 Å². The smallest absolute Gasteiger partial charge is 0.324 e. The van der Waals surface area contributed by atoms with Gasteiger partial charge in [0.15, 0.2) is 0 Å². The van der Waals surface area contributed by atoms with Crippen molar-refractivity contribution in [3.05, 3.63) is 23.8 Å². The van der Waals surface area contributed by atoms with Gasteiger partial charge in [0.25, 0.3) is 0 Å². The molecule has 0 rings (SSSR count). The van der Waals surface area contributed by atoms with Crippen molar-refractivity contribution in [1.29, 1.82) is 0 Å². The first-order valence-electron chi connectivity index (χ1n) is 6.20. The highest BCUT2D eigenvalue weighted by molar-refractivity contribution is 7.52. The van der Waals surface area contributed by atoms with E-state index in [0.717, 1.165) is 11.1 Å². The van der Waals surface area contributed by atoms with E-state index in [0.29, 0.717) is 19.3 Å². The van der Waals surface area contributed by atoms with E-state index in [1.807, 2.05) is 26.8 Å². The lowest BCUT2D eigenvalue weighted by Crippen LogP contribution is -1.87. The van der Waals surface area contributed by atoms with Gasteiger partial charge in [0.1, 0.15) is 0 Å². The maximum absolute atomic E-state index is 10.3. The average molecular weight is 328 g/mol. The van der Waals surface area contributed by atoms with E-state index in [1.54, 1.807) is 0 Å². The second-order valence-corrected chi connectivity index (χ2v) is 8.46. The summed E-state index contributed by atoms with van der Waals surface area (Å²) in [5.41, 5.74) is 2.06. The predicted molar refractivity (Wildman–Crippen MR) is 81.9 cm³/mol. The van der Waals surface area contributed by atoms with E-state index < -0.39 is 15.2 Å². The first-order chi connectivity index (χ1) is 8.83. The van der Waals surface area contributed by atoms with Gasteiger partial charge in [-0.25, -0.2) is 0 Å². The van der Waals surface area contributed by atoms with E-state index in [4.69, 9.17) is 19.6 Å². The van der Waals surface area contributed by atoms with Gasteiger partial charge in [-0.3, -0.25) is 9.13 Å². The molecule has 0 aliphatic rings. The zero-order valence-corrected chi connectivity index (χ0v) is 14.1. The largest absolute Gasteiger partial charge is 0.325 e. The third-order valence-electron chi connectivity index (χ3n) is 2.03. The molecule has 0 aromatic carbocycles. The summed E-state index contributed by atoms with van der Waals surface area (Å²) in [5.74, 6) is 0. The number of rotatable bonds is 7. The van der Waals surface area contributed by atoms with E-state index in [1.165, 1.54) is 0 Å². The van der Waals surface area contributed by atoms with E-state index in [-0.39, 0.29) is 12.3 Å². The summed E-state index contributed by atoms with van der Waals surface area (Å²) in [4.78, 5) is 33.6. The third kappa shape index (κ3) is 26.4. The summed E-state index contributed by atoms with van der Waals surface area (Å²) < 4.78 is 20.6. The topological polar surface area (TPSA) is 115 Å². The summed E-state index contributed by atoms with van der Waals surface area (Å²) in [7, 11) is -7.53. The van der Waals surface area contributed by atoms with Gasteiger partial charge >= 0.3 is 15.2 Å². The lowest BCUT2D eigenvalue weighted by Gasteiger charge is -2.01. The quantitative estimate of drug-likeness (QED) is 0.422. The second-order valence-electron chi connectivity index (χ2n) is 4.91. The molecule has 4 N–H and O–H groups in total. The molecule has 120 valence electrons. The Morgan fingerprint density at radius 2 is 1.45 bits per heavy atom. The van der Waals surface area contributed by atoms with Crippen molar-refractivity contribution in [2.75, 3.05) is 12.3 Å². The van der Waals surface area contributed by atoms with Gasteiger partial charge < -0.3 is 19.6 Å². The molecule has 0 aliphatic carbocycles. The fraction of sp³-hybridized carbons (Fsp3) is 0.667. The fourth-order valence-corrected chi connectivity index (χ4v) is 2.14. The minimum absolute atomic E-state index is 0.0279. The van der Waals surface area contributed by atoms with Crippen molar-refractivity contribution < 1.29 is 28.7 Å². The average Bonchev–Trinajstić information content (AvgIpc) is 2.12. The maximum atomic E-state index is 10.3. The summed E-state index contributed by atoms with van der Waals surface area (Å²) in [6.07, 6.45) is 3.44. The highest BCUT2D eigenvalue weighted by Crippen LogP contribution is 2.35. The van der Waals surface area contributed by atoms with Crippen LogP contribution in [0.4, 0.5) is 0 Å². The van der Waals surface area contributed by atoms with Crippen molar-refractivity contribution in [3.63, 3.8) is 0 Å². The molecule has 0 fully saturated rings. The Morgan fingerprint density at radius 1 is 1.00 bits per heavy atom. The van der Waals surface area contributed by atoms with Gasteiger partial charge in [0.05, 0.1) is 12.3 Å². The number of hydrogen-bond acceptors (Lipinski definition) is 2. The van der Waals surface area contributed by atoms with Gasteiger partial charge in [0, 0.05) is 0 Å². The molecule has 0 unspecified atom stereocenters. The Kier molecular flexibility index (Phi) is 11.6. The van der Waals surface area contributed by atoms with Crippen LogP contribution in [-0.2, 0) is 9.13 Å². The molecular weight excluding hydrogens is 302 g/mol. The molecule has 0 atom stereocenters. The molecule has 0 aromatic rings. The molecule has 6 nitrogen and oxygen atoms in total. The molecule has 8 heteroatoms. The SMILES string of the molecule is C=C(C)CCCP(=O)(O)O.CC(C)=CCCP(=O)(O)O. The molecule has 20 heavy (non-hydrogen) atoms. The Labute approximate surface area is 120 Å². The van der Waals surface area contributed by atoms with Crippen molar-refractivity contribution >= 4 is 15.2 Å². The van der Waals surface area contributed by atoms with Crippen LogP contribution in [-0.4, -0.2) is 31.9 Å². The standard InChI is InChI=1S/2C6H13O3P/c2*1-6(2)4-3-5-10(7,8)9/h4H,3,5H2,1-2H3,(H2,7,8,9);1,3-5H2,2H3,(H2,7,8,9). The molecule has 0 bridgehead atoms. The van der Waals surface area contributed by atoms with Crippen LogP contribution in [0.25, 0.3) is 0 Å². The lowest BCUT2D eigenvalue weighted by atomic mass is 10.2. The Hall–Kier alpha value is -0.220. The highest BCUT2D eigenvalue weighted by atomic mass is 31.2. The highest BCUT2D eigenvalue weighted by Gasteiger charge is 2.11. The lowest BCUT2D eigenvalue weighted by molar-refractivity contribution is 0.370. The van der Waals surface area contributed by atoms with Gasteiger partial charge in [-0.1, -0.05) is 17.2 Å². The zero-order valence-electron chi connectivity index (χ0n) is 12.3.